The Morgan fingerprint density at radius 3 is 2.50 bits per heavy atom. The van der Waals surface area contributed by atoms with E-state index in [1.54, 1.807) is 12.2 Å². The Morgan fingerprint density at radius 1 is 1.10 bits per heavy atom. The first kappa shape index (κ1) is 13.5. The minimum atomic E-state index is -0.685. The van der Waals surface area contributed by atoms with Gasteiger partial charge in [0.2, 0.25) is 5.78 Å². The lowest BCUT2D eigenvalue weighted by atomic mass is 10.2. The molecule has 1 aromatic heterocycles. The smallest absolute Gasteiger partial charge is 0.397 e. The van der Waals surface area contributed by atoms with Crippen LogP contribution in [0.25, 0.3) is 6.08 Å². The number of nitro groups is 1. The van der Waals surface area contributed by atoms with Gasteiger partial charge in [-0.05, 0) is 17.7 Å². The number of benzene rings is 1. The molecular formula is C15H11NO4. The monoisotopic (exact) mass is 269 g/mol. The highest BCUT2D eigenvalue weighted by Gasteiger charge is 2.14. The van der Waals surface area contributed by atoms with E-state index in [0.717, 1.165) is 11.6 Å². The molecule has 0 aliphatic rings. The number of hydrogen-bond acceptors (Lipinski definition) is 4. The van der Waals surface area contributed by atoms with Gasteiger partial charge in [-0.2, -0.15) is 0 Å². The number of rotatable bonds is 5. The van der Waals surface area contributed by atoms with Gasteiger partial charge in [0, 0.05) is 0 Å². The Hall–Kier alpha value is -2.95. The highest BCUT2D eigenvalue weighted by Crippen LogP contribution is 2.16. The van der Waals surface area contributed by atoms with Gasteiger partial charge in [-0.1, -0.05) is 48.6 Å². The summed E-state index contributed by atoms with van der Waals surface area (Å²) >= 11 is 0. The molecule has 2 rings (SSSR count). The average molecular weight is 269 g/mol. The molecule has 1 heterocycles. The fraction of sp³-hybridized carbons (Fsp3) is 0. The van der Waals surface area contributed by atoms with Gasteiger partial charge >= 0.3 is 5.88 Å². The summed E-state index contributed by atoms with van der Waals surface area (Å²) in [5.41, 5.74) is 1.01. The van der Waals surface area contributed by atoms with E-state index in [0.29, 0.717) is 0 Å². The number of carbonyl (C=O) groups excluding carboxylic acids is 1. The van der Waals surface area contributed by atoms with Crippen LogP contribution in [0.3, 0.4) is 0 Å². The zero-order valence-corrected chi connectivity index (χ0v) is 10.4. The highest BCUT2D eigenvalue weighted by atomic mass is 16.6. The van der Waals surface area contributed by atoms with Gasteiger partial charge in [0.05, 0.1) is 6.07 Å². The Balaban J connectivity index is 1.98. The van der Waals surface area contributed by atoms with Gasteiger partial charge in [-0.15, -0.1) is 0 Å². The van der Waals surface area contributed by atoms with Gasteiger partial charge in [0.25, 0.3) is 0 Å². The van der Waals surface area contributed by atoms with Crippen molar-refractivity contribution in [1.82, 2.24) is 0 Å². The van der Waals surface area contributed by atoms with Crippen molar-refractivity contribution in [2.24, 2.45) is 0 Å². The van der Waals surface area contributed by atoms with E-state index in [4.69, 9.17) is 4.42 Å². The van der Waals surface area contributed by atoms with Crippen LogP contribution in [0, 0.1) is 10.1 Å². The lowest BCUT2D eigenvalue weighted by molar-refractivity contribution is -0.402. The van der Waals surface area contributed by atoms with Gasteiger partial charge < -0.3 is 4.42 Å². The Labute approximate surface area is 115 Å². The standard InChI is InChI=1S/C15H11NO4/c17-13(14-10-11-15(20-14)16(18)19)9-5-4-8-12-6-2-1-3-7-12/h1-11H. The van der Waals surface area contributed by atoms with E-state index in [1.165, 1.54) is 12.1 Å². The molecule has 0 unspecified atom stereocenters. The van der Waals surface area contributed by atoms with Crippen LogP contribution in [-0.4, -0.2) is 10.7 Å². The first-order valence-electron chi connectivity index (χ1n) is 5.85. The molecule has 0 N–H and O–H groups in total. The molecule has 1 aromatic carbocycles. The van der Waals surface area contributed by atoms with Crippen molar-refractivity contribution in [3.8, 4) is 0 Å². The number of ketones is 1. The summed E-state index contributed by atoms with van der Waals surface area (Å²) in [5, 5.41) is 10.4. The average Bonchev–Trinajstić information content (AvgIpc) is 2.94. The molecule has 0 amide bonds. The number of nitrogens with zero attached hydrogens (tertiary/aromatic N) is 1. The molecule has 5 heteroatoms. The zero-order valence-electron chi connectivity index (χ0n) is 10.4. The normalized spacial score (nSPS) is 11.2. The molecule has 0 fully saturated rings. The summed E-state index contributed by atoms with van der Waals surface area (Å²) in [5.74, 6) is -0.918. The van der Waals surface area contributed by atoms with E-state index >= 15 is 0 Å². The molecule has 0 atom stereocenters. The Bertz CT molecular complexity index is 668. The summed E-state index contributed by atoms with van der Waals surface area (Å²) in [6.07, 6.45) is 6.41. The topological polar surface area (TPSA) is 73.3 Å². The minimum absolute atomic E-state index is 0.0546. The second kappa shape index (κ2) is 6.29. The summed E-state index contributed by atoms with van der Waals surface area (Å²) < 4.78 is 4.80. The van der Waals surface area contributed by atoms with Gasteiger partial charge in [0.15, 0.2) is 5.76 Å². The third kappa shape index (κ3) is 3.52. The van der Waals surface area contributed by atoms with Crippen molar-refractivity contribution < 1.29 is 14.1 Å². The third-order valence-electron chi connectivity index (χ3n) is 2.46. The van der Waals surface area contributed by atoms with Gasteiger partial charge in [-0.3, -0.25) is 14.9 Å². The van der Waals surface area contributed by atoms with Crippen LogP contribution in [0.15, 0.2) is 65.1 Å². The van der Waals surface area contributed by atoms with Gasteiger partial charge in [0.1, 0.15) is 4.92 Å². The lowest BCUT2D eigenvalue weighted by Crippen LogP contribution is -1.90. The molecule has 0 aliphatic heterocycles. The minimum Gasteiger partial charge on any atom is -0.397 e. The lowest BCUT2D eigenvalue weighted by Gasteiger charge is -1.89. The first-order chi connectivity index (χ1) is 9.66. The van der Waals surface area contributed by atoms with Crippen molar-refractivity contribution in [3.63, 3.8) is 0 Å². The Kier molecular flexibility index (Phi) is 4.24. The number of furan rings is 1. The predicted molar refractivity (Wildman–Crippen MR) is 74.3 cm³/mol. The number of carbonyl (C=O) groups is 1. The van der Waals surface area contributed by atoms with E-state index in [1.807, 2.05) is 36.4 Å². The maximum atomic E-state index is 11.7. The van der Waals surface area contributed by atoms with Crippen molar-refractivity contribution in [3.05, 3.63) is 82.1 Å². The number of allylic oxidation sites excluding steroid dienone is 3. The Morgan fingerprint density at radius 2 is 1.85 bits per heavy atom. The SMILES string of the molecule is O=C(C=CC=Cc1ccccc1)c1ccc([N+](=O)[O-])o1. The number of hydrogen-bond donors (Lipinski definition) is 0. The summed E-state index contributed by atoms with van der Waals surface area (Å²) in [6.45, 7) is 0. The zero-order chi connectivity index (χ0) is 14.4. The molecular weight excluding hydrogens is 258 g/mol. The molecule has 0 saturated heterocycles. The molecule has 100 valence electrons. The van der Waals surface area contributed by atoms with E-state index in [9.17, 15) is 14.9 Å². The first-order valence-corrected chi connectivity index (χ1v) is 5.85. The van der Waals surface area contributed by atoms with Crippen LogP contribution < -0.4 is 0 Å². The van der Waals surface area contributed by atoms with Crippen LogP contribution in [0.2, 0.25) is 0 Å². The third-order valence-corrected chi connectivity index (χ3v) is 2.46. The highest BCUT2D eigenvalue weighted by molar-refractivity contribution is 6.02. The fourth-order valence-corrected chi connectivity index (χ4v) is 1.51. The summed E-state index contributed by atoms with van der Waals surface area (Å²) in [6, 6.07) is 12.0. The van der Waals surface area contributed by atoms with Crippen LogP contribution in [0.1, 0.15) is 16.1 Å². The van der Waals surface area contributed by atoms with Crippen molar-refractivity contribution >= 4 is 17.7 Å². The van der Waals surface area contributed by atoms with Crippen LogP contribution >= 0.6 is 0 Å². The van der Waals surface area contributed by atoms with E-state index < -0.39 is 16.6 Å². The summed E-state index contributed by atoms with van der Waals surface area (Å²) in [4.78, 5) is 21.4. The second-order valence-corrected chi connectivity index (χ2v) is 3.89. The molecule has 0 radical (unpaired) electrons. The molecule has 0 spiro atoms. The van der Waals surface area contributed by atoms with Crippen LogP contribution in [0.4, 0.5) is 5.88 Å². The maximum absolute atomic E-state index is 11.7. The van der Waals surface area contributed by atoms with Crippen molar-refractivity contribution in [1.29, 1.82) is 0 Å². The van der Waals surface area contributed by atoms with Gasteiger partial charge in [-0.25, -0.2) is 0 Å². The van der Waals surface area contributed by atoms with E-state index in [2.05, 4.69) is 0 Å². The quantitative estimate of drug-likeness (QED) is 0.273. The van der Waals surface area contributed by atoms with E-state index in [-0.39, 0.29) is 5.76 Å². The van der Waals surface area contributed by atoms with Crippen LogP contribution in [-0.2, 0) is 0 Å². The van der Waals surface area contributed by atoms with Crippen molar-refractivity contribution in [2.75, 3.05) is 0 Å². The van der Waals surface area contributed by atoms with Crippen molar-refractivity contribution in [2.45, 2.75) is 0 Å². The maximum Gasteiger partial charge on any atom is 0.433 e. The molecule has 0 aliphatic carbocycles. The second-order valence-electron chi connectivity index (χ2n) is 3.89. The predicted octanol–water partition coefficient (Wildman–Crippen LogP) is 3.64. The summed E-state index contributed by atoms with van der Waals surface area (Å²) in [7, 11) is 0. The molecule has 2 aromatic rings. The van der Waals surface area contributed by atoms with Crippen LogP contribution in [0.5, 0.6) is 0 Å². The molecule has 5 nitrogen and oxygen atoms in total. The fourth-order valence-electron chi connectivity index (χ4n) is 1.51. The molecule has 0 saturated carbocycles. The molecule has 20 heavy (non-hydrogen) atoms. The largest absolute Gasteiger partial charge is 0.433 e. The molecule has 0 bridgehead atoms.